The molecule has 3 nitrogen and oxygen atoms in total. The van der Waals surface area contributed by atoms with E-state index in [1.807, 2.05) is 12.1 Å². The molecule has 1 unspecified atom stereocenters. The normalized spacial score (nSPS) is 20.1. The predicted molar refractivity (Wildman–Crippen MR) is 64.7 cm³/mol. The molecule has 1 fully saturated rings. The van der Waals surface area contributed by atoms with Crippen molar-refractivity contribution in [3.8, 4) is 0 Å². The van der Waals surface area contributed by atoms with Gasteiger partial charge in [0.2, 0.25) is 0 Å². The van der Waals surface area contributed by atoms with E-state index in [9.17, 15) is 0 Å². The Kier molecular flexibility index (Phi) is 3.46. The monoisotopic (exact) mass is 221 g/mol. The zero-order valence-electron chi connectivity index (χ0n) is 9.94. The Morgan fingerprint density at radius 3 is 2.88 bits per heavy atom. The lowest BCUT2D eigenvalue weighted by molar-refractivity contribution is 0.193. The van der Waals surface area contributed by atoms with E-state index in [1.54, 1.807) is 0 Å². The summed E-state index contributed by atoms with van der Waals surface area (Å²) in [7, 11) is 2.11. The highest BCUT2D eigenvalue weighted by Crippen LogP contribution is 2.24. The van der Waals surface area contributed by atoms with Crippen LogP contribution >= 0.6 is 0 Å². The molecule has 1 aromatic rings. The second kappa shape index (κ2) is 4.85. The van der Waals surface area contributed by atoms with Crippen LogP contribution in [0.2, 0.25) is 0 Å². The van der Waals surface area contributed by atoms with Gasteiger partial charge in [-0.2, -0.15) is 0 Å². The Morgan fingerprint density at radius 1 is 1.50 bits per heavy atom. The Hall–Kier alpha value is -1.06. The highest BCUT2D eigenvalue weighted by Gasteiger charge is 2.21. The van der Waals surface area contributed by atoms with Crippen LogP contribution in [0.4, 0.5) is 5.69 Å². The van der Waals surface area contributed by atoms with Crippen molar-refractivity contribution >= 4 is 5.69 Å². The molecule has 1 aromatic carbocycles. The molecule has 0 amide bonds. The molecule has 0 radical (unpaired) electrons. The number of aliphatic hydroxyl groups is 1. The quantitative estimate of drug-likeness (QED) is 0.843. The lowest BCUT2D eigenvalue weighted by atomic mass is 10.1. The molecule has 0 saturated carbocycles. The fourth-order valence-electron chi connectivity index (χ4n) is 2.24. The summed E-state index contributed by atoms with van der Waals surface area (Å²) < 4.78 is 5.40. The molecule has 3 heteroatoms. The molecular formula is C13H19NO2. The minimum absolute atomic E-state index is 0.109. The molecule has 88 valence electrons. The smallest absolute Gasteiger partial charge is 0.0681 e. The average molecular weight is 221 g/mol. The van der Waals surface area contributed by atoms with Gasteiger partial charge in [-0.3, -0.25) is 0 Å². The lowest BCUT2D eigenvalue weighted by Crippen LogP contribution is -2.32. The third-order valence-electron chi connectivity index (χ3n) is 3.28. The number of aryl methyl sites for hydroxylation is 1. The van der Waals surface area contributed by atoms with Crippen molar-refractivity contribution in [2.45, 2.75) is 26.0 Å². The first-order valence-electron chi connectivity index (χ1n) is 5.73. The SMILES string of the molecule is Cc1cc(CO)ccc1N(C)C1CCOC1. The van der Waals surface area contributed by atoms with Gasteiger partial charge in [-0.1, -0.05) is 12.1 Å². The maximum absolute atomic E-state index is 9.07. The fraction of sp³-hybridized carbons (Fsp3) is 0.538. The van der Waals surface area contributed by atoms with Gasteiger partial charge >= 0.3 is 0 Å². The van der Waals surface area contributed by atoms with Crippen LogP contribution in [-0.2, 0) is 11.3 Å². The van der Waals surface area contributed by atoms with Gasteiger partial charge in [0, 0.05) is 19.3 Å². The van der Waals surface area contributed by atoms with Crippen molar-refractivity contribution in [1.29, 1.82) is 0 Å². The summed E-state index contributed by atoms with van der Waals surface area (Å²) in [4.78, 5) is 2.28. The Morgan fingerprint density at radius 2 is 2.31 bits per heavy atom. The van der Waals surface area contributed by atoms with Crippen molar-refractivity contribution in [2.75, 3.05) is 25.2 Å². The molecule has 1 aliphatic heterocycles. The number of likely N-dealkylation sites (N-methyl/N-ethyl adjacent to an activating group) is 1. The Bertz CT molecular complexity index is 359. The highest BCUT2D eigenvalue weighted by atomic mass is 16.5. The number of aliphatic hydroxyl groups excluding tert-OH is 1. The molecule has 1 saturated heterocycles. The van der Waals surface area contributed by atoms with Crippen molar-refractivity contribution in [3.63, 3.8) is 0 Å². The maximum Gasteiger partial charge on any atom is 0.0681 e. The van der Waals surface area contributed by atoms with Gasteiger partial charge < -0.3 is 14.7 Å². The van der Waals surface area contributed by atoms with Gasteiger partial charge in [0.1, 0.15) is 0 Å². The standard InChI is InChI=1S/C13H19NO2/c1-10-7-11(8-15)3-4-13(10)14(2)12-5-6-16-9-12/h3-4,7,12,15H,5-6,8-9H2,1-2H3. The van der Waals surface area contributed by atoms with Crippen LogP contribution < -0.4 is 4.90 Å². The Labute approximate surface area is 96.6 Å². The third-order valence-corrected chi connectivity index (χ3v) is 3.28. The van der Waals surface area contributed by atoms with E-state index in [0.717, 1.165) is 25.2 Å². The van der Waals surface area contributed by atoms with Gasteiger partial charge in [0.15, 0.2) is 0 Å². The number of nitrogens with zero attached hydrogens (tertiary/aromatic N) is 1. The van der Waals surface area contributed by atoms with Gasteiger partial charge in [-0.15, -0.1) is 0 Å². The summed E-state index contributed by atoms with van der Waals surface area (Å²) in [6.07, 6.45) is 1.09. The van der Waals surface area contributed by atoms with Gasteiger partial charge in [0.05, 0.1) is 19.3 Å². The fourth-order valence-corrected chi connectivity index (χ4v) is 2.24. The van der Waals surface area contributed by atoms with E-state index < -0.39 is 0 Å². The molecule has 0 aromatic heterocycles. The van der Waals surface area contributed by atoms with Crippen LogP contribution in [0.1, 0.15) is 17.5 Å². The molecule has 1 aliphatic rings. The summed E-state index contributed by atoms with van der Waals surface area (Å²) in [6, 6.07) is 6.59. The summed E-state index contributed by atoms with van der Waals surface area (Å²) in [6.45, 7) is 3.87. The van der Waals surface area contributed by atoms with E-state index in [2.05, 4.69) is 24.9 Å². The van der Waals surface area contributed by atoms with Crippen LogP contribution in [0.3, 0.4) is 0 Å². The minimum Gasteiger partial charge on any atom is -0.392 e. The number of ether oxygens (including phenoxy) is 1. The average Bonchev–Trinajstić information content (AvgIpc) is 2.81. The molecule has 0 aliphatic carbocycles. The summed E-state index contributed by atoms with van der Waals surface area (Å²) in [5.74, 6) is 0. The topological polar surface area (TPSA) is 32.7 Å². The Balaban J connectivity index is 2.19. The first kappa shape index (κ1) is 11.4. The van der Waals surface area contributed by atoms with Crippen molar-refractivity contribution in [2.24, 2.45) is 0 Å². The van der Waals surface area contributed by atoms with Crippen molar-refractivity contribution < 1.29 is 9.84 Å². The number of anilines is 1. The third kappa shape index (κ3) is 2.20. The van der Waals surface area contributed by atoms with Crippen molar-refractivity contribution in [1.82, 2.24) is 0 Å². The zero-order chi connectivity index (χ0) is 11.5. The van der Waals surface area contributed by atoms with E-state index in [4.69, 9.17) is 9.84 Å². The van der Waals surface area contributed by atoms with Crippen LogP contribution in [0.25, 0.3) is 0 Å². The van der Waals surface area contributed by atoms with E-state index in [0.29, 0.717) is 6.04 Å². The summed E-state index contributed by atoms with van der Waals surface area (Å²) >= 11 is 0. The molecule has 0 bridgehead atoms. The molecule has 0 spiro atoms. The minimum atomic E-state index is 0.109. The van der Waals surface area contributed by atoms with Crippen LogP contribution in [0, 0.1) is 6.92 Å². The molecule has 1 atom stereocenters. The van der Waals surface area contributed by atoms with E-state index in [1.165, 1.54) is 11.3 Å². The predicted octanol–water partition coefficient (Wildman–Crippen LogP) is 1.71. The van der Waals surface area contributed by atoms with Gasteiger partial charge in [-0.25, -0.2) is 0 Å². The van der Waals surface area contributed by atoms with E-state index >= 15 is 0 Å². The first-order valence-corrected chi connectivity index (χ1v) is 5.73. The number of benzene rings is 1. The van der Waals surface area contributed by atoms with Gasteiger partial charge in [0.25, 0.3) is 0 Å². The van der Waals surface area contributed by atoms with Crippen LogP contribution in [0.15, 0.2) is 18.2 Å². The lowest BCUT2D eigenvalue weighted by Gasteiger charge is -2.27. The van der Waals surface area contributed by atoms with E-state index in [-0.39, 0.29) is 6.61 Å². The molecular weight excluding hydrogens is 202 g/mol. The zero-order valence-corrected chi connectivity index (χ0v) is 9.94. The first-order chi connectivity index (χ1) is 7.72. The summed E-state index contributed by atoms with van der Waals surface area (Å²) in [5, 5.41) is 9.07. The molecule has 2 rings (SSSR count). The van der Waals surface area contributed by atoms with Crippen LogP contribution in [0.5, 0.6) is 0 Å². The van der Waals surface area contributed by atoms with Crippen molar-refractivity contribution in [3.05, 3.63) is 29.3 Å². The molecule has 1 heterocycles. The highest BCUT2D eigenvalue weighted by molar-refractivity contribution is 5.54. The number of hydrogen-bond donors (Lipinski definition) is 1. The van der Waals surface area contributed by atoms with Gasteiger partial charge in [-0.05, 0) is 30.5 Å². The van der Waals surface area contributed by atoms with Crippen LogP contribution in [-0.4, -0.2) is 31.4 Å². The maximum atomic E-state index is 9.07. The molecule has 1 N–H and O–H groups in total. The second-order valence-electron chi connectivity index (χ2n) is 4.41. The molecule has 16 heavy (non-hydrogen) atoms. The number of rotatable bonds is 3. The summed E-state index contributed by atoms with van der Waals surface area (Å²) in [5.41, 5.74) is 3.41. The largest absolute Gasteiger partial charge is 0.392 e. The second-order valence-corrected chi connectivity index (χ2v) is 4.41. The number of hydrogen-bond acceptors (Lipinski definition) is 3.